The fourth-order valence-corrected chi connectivity index (χ4v) is 6.97. The first-order chi connectivity index (χ1) is 24.6. The Morgan fingerprint density at radius 3 is 1.26 bits per heavy atom. The molecule has 6 heteroatoms. The van der Waals surface area contributed by atoms with E-state index >= 15 is 0 Å². The second-order valence-electron chi connectivity index (χ2n) is 12.6. The average molecular weight is 648 g/mol. The largest absolute Gasteiger partial charge is 0.456 e. The van der Waals surface area contributed by atoms with Crippen molar-refractivity contribution in [3.8, 4) is 44.5 Å². The Morgan fingerprint density at radius 2 is 0.840 bits per heavy atom. The molecule has 2 aliphatic heterocycles. The number of nitrogens with zero attached hydrogens (tertiary/aromatic N) is 4. The zero-order valence-corrected chi connectivity index (χ0v) is 27.7. The zero-order chi connectivity index (χ0) is 33.6. The van der Waals surface area contributed by atoms with E-state index < -0.39 is 0 Å². The molecule has 7 heterocycles. The van der Waals surface area contributed by atoms with E-state index in [4.69, 9.17) is 14.4 Å². The molecule has 2 aromatic carbocycles. The van der Waals surface area contributed by atoms with Crippen LogP contribution in [-0.2, 0) is 14.1 Å². The first-order valence-electron chi connectivity index (χ1n) is 16.7. The molecule has 6 nitrogen and oxygen atoms in total. The second kappa shape index (κ2) is 12.1. The number of nitrogens with one attached hydrogen (secondary N) is 1. The highest BCUT2D eigenvalue weighted by atomic mass is 16.3. The van der Waals surface area contributed by atoms with Crippen molar-refractivity contribution in [2.45, 2.75) is 0 Å². The number of aromatic nitrogens is 5. The van der Waals surface area contributed by atoms with Gasteiger partial charge in [-0.3, -0.25) is 0 Å². The van der Waals surface area contributed by atoms with Gasteiger partial charge in [-0.15, -0.1) is 0 Å². The molecule has 5 aromatic heterocycles. The standard InChI is InChI=1S/C44H33N5O/c1-48-25-9-15-31(27-48)41-33-17-18-34(45-33)42(32-16-10-26-49(2)28-32)36-20-22-38(47-36)44(30-13-7-4-8-14-30)40-24-23-39(50-40)43(29-11-5-3-6-12-29)37-21-19-35(41)46-37/h3-28,45H,1-2H3/q+2. The number of aryl methyl sites for hydroxylation is 2. The molecule has 0 spiro atoms. The van der Waals surface area contributed by atoms with E-state index in [1.165, 1.54) is 0 Å². The summed E-state index contributed by atoms with van der Waals surface area (Å²) in [5.41, 5.74) is 14.8. The highest BCUT2D eigenvalue weighted by Crippen LogP contribution is 2.38. The van der Waals surface area contributed by atoms with Gasteiger partial charge in [0.2, 0.25) is 0 Å². The number of hydrogen-bond acceptors (Lipinski definition) is 3. The molecule has 7 aromatic rings. The molecule has 0 saturated heterocycles. The van der Waals surface area contributed by atoms with Crippen LogP contribution in [0.5, 0.6) is 0 Å². The van der Waals surface area contributed by atoms with Crippen LogP contribution in [0.25, 0.3) is 91.0 Å². The molecular weight excluding hydrogens is 615 g/mol. The number of aromatic amines is 1. The molecule has 0 unspecified atom stereocenters. The summed E-state index contributed by atoms with van der Waals surface area (Å²) in [7, 11) is 4.08. The van der Waals surface area contributed by atoms with Crippen molar-refractivity contribution in [2.75, 3.05) is 0 Å². The topological polar surface area (TPSA) is 62.5 Å². The summed E-state index contributed by atoms with van der Waals surface area (Å²) < 4.78 is 11.0. The molecule has 238 valence electrons. The Bertz CT molecular complexity index is 2480. The van der Waals surface area contributed by atoms with E-state index in [9.17, 15) is 0 Å². The van der Waals surface area contributed by atoms with Crippen LogP contribution in [0.3, 0.4) is 0 Å². The molecule has 1 N–H and O–H groups in total. The van der Waals surface area contributed by atoms with Crippen molar-refractivity contribution < 1.29 is 13.6 Å². The minimum atomic E-state index is 0.738. The van der Waals surface area contributed by atoms with Gasteiger partial charge in [-0.2, -0.15) is 0 Å². The fourth-order valence-electron chi connectivity index (χ4n) is 6.97. The van der Waals surface area contributed by atoms with Gasteiger partial charge < -0.3 is 9.40 Å². The molecule has 9 rings (SSSR count). The lowest BCUT2D eigenvalue weighted by Gasteiger charge is -2.05. The van der Waals surface area contributed by atoms with Gasteiger partial charge >= 0.3 is 0 Å². The van der Waals surface area contributed by atoms with Gasteiger partial charge in [0.15, 0.2) is 24.8 Å². The summed E-state index contributed by atoms with van der Waals surface area (Å²) in [6.45, 7) is 0. The summed E-state index contributed by atoms with van der Waals surface area (Å²) in [5.74, 6) is 0. The number of H-pyrrole nitrogens is 1. The van der Waals surface area contributed by atoms with Gasteiger partial charge in [0.05, 0.1) is 33.9 Å². The van der Waals surface area contributed by atoms with Crippen LogP contribution in [0.2, 0.25) is 0 Å². The molecule has 8 bridgehead atoms. The summed E-state index contributed by atoms with van der Waals surface area (Å²) in [4.78, 5) is 14.5. The molecule has 0 amide bonds. The van der Waals surface area contributed by atoms with E-state index in [1.807, 2.05) is 38.6 Å². The van der Waals surface area contributed by atoms with Gasteiger partial charge in [-0.25, -0.2) is 19.1 Å². The van der Waals surface area contributed by atoms with E-state index in [1.54, 1.807) is 0 Å². The number of hydrogen-bond donors (Lipinski definition) is 1. The van der Waals surface area contributed by atoms with Crippen LogP contribution in [0, 0.1) is 0 Å². The van der Waals surface area contributed by atoms with Crippen molar-refractivity contribution in [3.63, 3.8) is 0 Å². The van der Waals surface area contributed by atoms with Gasteiger partial charge in [0.25, 0.3) is 0 Å². The van der Waals surface area contributed by atoms with Crippen LogP contribution in [0.15, 0.2) is 138 Å². The number of pyridine rings is 2. The van der Waals surface area contributed by atoms with Crippen LogP contribution < -0.4 is 9.13 Å². The smallest absolute Gasteiger partial charge is 0.176 e. The maximum atomic E-state index is 6.85. The Balaban J connectivity index is 1.49. The fraction of sp³-hybridized carbons (Fsp3) is 0.0455. The minimum absolute atomic E-state index is 0.738. The number of benzene rings is 2. The van der Waals surface area contributed by atoms with Crippen molar-refractivity contribution in [1.82, 2.24) is 15.0 Å². The average Bonchev–Trinajstić information content (AvgIpc) is 3.97. The van der Waals surface area contributed by atoms with E-state index in [0.29, 0.717) is 0 Å². The number of furan rings is 1. The molecule has 0 aliphatic carbocycles. The van der Waals surface area contributed by atoms with Crippen LogP contribution in [-0.4, -0.2) is 15.0 Å². The van der Waals surface area contributed by atoms with Crippen LogP contribution >= 0.6 is 0 Å². The lowest BCUT2D eigenvalue weighted by molar-refractivity contribution is -0.671. The molecule has 50 heavy (non-hydrogen) atoms. The van der Waals surface area contributed by atoms with Gasteiger partial charge in [0.1, 0.15) is 25.3 Å². The maximum Gasteiger partial charge on any atom is 0.176 e. The van der Waals surface area contributed by atoms with Gasteiger partial charge in [-0.05, 0) is 71.8 Å². The van der Waals surface area contributed by atoms with Crippen molar-refractivity contribution >= 4 is 46.5 Å². The number of fused-ring (bicyclic) bond motifs is 8. The molecule has 0 saturated carbocycles. The quantitative estimate of drug-likeness (QED) is 0.194. The first kappa shape index (κ1) is 29.5. The third-order valence-electron chi connectivity index (χ3n) is 9.21. The highest BCUT2D eigenvalue weighted by Gasteiger charge is 2.20. The van der Waals surface area contributed by atoms with E-state index in [-0.39, 0.29) is 0 Å². The summed E-state index contributed by atoms with van der Waals surface area (Å²) in [6, 6.07) is 37.5. The van der Waals surface area contributed by atoms with Crippen LogP contribution in [0.1, 0.15) is 22.8 Å². The van der Waals surface area contributed by atoms with Crippen LogP contribution in [0.4, 0.5) is 0 Å². The van der Waals surface area contributed by atoms with Crippen molar-refractivity contribution in [3.05, 3.63) is 157 Å². The Labute approximate surface area is 289 Å². The normalized spacial score (nSPS) is 12.0. The zero-order valence-electron chi connectivity index (χ0n) is 27.7. The van der Waals surface area contributed by atoms with Gasteiger partial charge in [0, 0.05) is 45.4 Å². The van der Waals surface area contributed by atoms with Crippen molar-refractivity contribution in [1.29, 1.82) is 0 Å². The van der Waals surface area contributed by atoms with Gasteiger partial charge in [-0.1, -0.05) is 60.7 Å². The molecular formula is C44H33N5O+2. The Hall–Kier alpha value is -6.66. The Kier molecular flexibility index (Phi) is 7.13. The first-order valence-corrected chi connectivity index (χ1v) is 16.7. The lowest BCUT2D eigenvalue weighted by atomic mass is 10.0. The maximum absolute atomic E-state index is 6.85. The Morgan fingerprint density at radius 1 is 0.440 bits per heavy atom. The third kappa shape index (κ3) is 5.24. The molecule has 0 fully saturated rings. The monoisotopic (exact) mass is 647 g/mol. The van der Waals surface area contributed by atoms with E-state index in [2.05, 4.69) is 148 Å². The minimum Gasteiger partial charge on any atom is -0.456 e. The highest BCUT2D eigenvalue weighted by molar-refractivity contribution is 5.98. The number of rotatable bonds is 4. The van der Waals surface area contributed by atoms with E-state index in [0.717, 1.165) is 89.5 Å². The lowest BCUT2D eigenvalue weighted by Crippen LogP contribution is -2.26. The predicted octanol–water partition coefficient (Wildman–Crippen LogP) is 9.24. The summed E-state index contributed by atoms with van der Waals surface area (Å²) >= 11 is 0. The summed E-state index contributed by atoms with van der Waals surface area (Å²) in [6.07, 6.45) is 16.8. The molecule has 0 radical (unpaired) electrons. The SMILES string of the molecule is C[n+]1cccc(-c2c3nc(c(-c4ccccc4)c4ccc(o4)c(-c4ccccc4)c4nc(c(-c5ccc[n+](C)c5)c5ccc2[nH]5)C=C4)C=C3)c1. The molecule has 0 atom stereocenters. The summed E-state index contributed by atoms with van der Waals surface area (Å²) in [5, 5.41) is 0. The predicted molar refractivity (Wildman–Crippen MR) is 201 cm³/mol. The second-order valence-corrected chi connectivity index (χ2v) is 12.6. The molecule has 2 aliphatic rings. The van der Waals surface area contributed by atoms with Crippen molar-refractivity contribution in [2.24, 2.45) is 14.1 Å². The third-order valence-corrected chi connectivity index (χ3v) is 9.21.